The van der Waals surface area contributed by atoms with E-state index in [1.165, 1.54) is 11.8 Å². The van der Waals surface area contributed by atoms with Gasteiger partial charge in [0.1, 0.15) is 18.1 Å². The predicted molar refractivity (Wildman–Crippen MR) is 127 cm³/mol. The van der Waals surface area contributed by atoms with Crippen molar-refractivity contribution in [3.63, 3.8) is 0 Å². The molecule has 0 radical (unpaired) electrons. The largest absolute Gasteiger partial charge is 0.480 e. The molecular weight excluding hydrogens is 450 g/mol. The summed E-state index contributed by atoms with van der Waals surface area (Å²) in [6, 6.07) is -4.26. The average molecular weight is 490 g/mol. The van der Waals surface area contributed by atoms with Crippen LogP contribution in [-0.4, -0.2) is 70.9 Å². The van der Waals surface area contributed by atoms with Crippen molar-refractivity contribution >= 4 is 41.4 Å². The number of carbonyl (C=O) groups is 5. The van der Waals surface area contributed by atoms with Crippen molar-refractivity contribution in [3.8, 4) is 0 Å². The second-order valence-electron chi connectivity index (χ2n) is 8.84. The minimum atomic E-state index is -1.20. The molecule has 0 aliphatic heterocycles. The molecule has 190 valence electrons. The Kier molecular flexibility index (Phi) is 14.4. The van der Waals surface area contributed by atoms with Crippen molar-refractivity contribution in [1.82, 2.24) is 16.0 Å². The fourth-order valence-electron chi connectivity index (χ4n) is 3.03. The van der Waals surface area contributed by atoms with Gasteiger partial charge in [-0.1, -0.05) is 27.7 Å². The monoisotopic (exact) mass is 489 g/mol. The highest BCUT2D eigenvalue weighted by Gasteiger charge is 2.31. The van der Waals surface area contributed by atoms with E-state index in [-0.39, 0.29) is 37.5 Å². The number of rotatable bonds is 16. The topological polar surface area (TPSA) is 194 Å². The van der Waals surface area contributed by atoms with Gasteiger partial charge in [-0.25, -0.2) is 4.79 Å². The third-order valence-corrected chi connectivity index (χ3v) is 5.31. The van der Waals surface area contributed by atoms with Crippen LogP contribution in [0.1, 0.15) is 53.4 Å². The molecule has 8 N–H and O–H groups in total. The molecular formula is C21H39N5O6S. The zero-order valence-electron chi connectivity index (χ0n) is 20.1. The lowest BCUT2D eigenvalue weighted by Crippen LogP contribution is -2.57. The maximum atomic E-state index is 13.0. The van der Waals surface area contributed by atoms with E-state index in [0.717, 1.165) is 0 Å². The number of hydrogen-bond donors (Lipinski definition) is 6. The van der Waals surface area contributed by atoms with E-state index in [1.807, 2.05) is 34.0 Å². The summed E-state index contributed by atoms with van der Waals surface area (Å²) in [6.07, 6.45) is 2.26. The van der Waals surface area contributed by atoms with Crippen LogP contribution in [0.5, 0.6) is 0 Å². The van der Waals surface area contributed by atoms with Gasteiger partial charge in [-0.15, -0.1) is 0 Å². The minimum Gasteiger partial charge on any atom is -0.480 e. The summed E-state index contributed by atoms with van der Waals surface area (Å²) in [5, 5.41) is 17.1. The highest BCUT2D eigenvalue weighted by Crippen LogP contribution is 2.10. The molecule has 0 aliphatic rings. The maximum Gasteiger partial charge on any atom is 0.326 e. The molecule has 0 saturated heterocycles. The standard InChI is InChI=1S/C21H39N5O6S/c1-11(2)8-15(20(30)26-16(21(31)32)9-12(3)4)25-19(29)14(6-7-33-5)24-18(28)13(22)10-17(23)27/h11-16H,6-10,22H2,1-5H3,(H2,23,27)(H,24,28)(H,25,29)(H,26,30)(H,31,32). The van der Waals surface area contributed by atoms with Crippen LogP contribution < -0.4 is 27.4 Å². The highest BCUT2D eigenvalue weighted by molar-refractivity contribution is 7.98. The maximum absolute atomic E-state index is 13.0. The molecule has 0 spiro atoms. The van der Waals surface area contributed by atoms with Gasteiger partial charge in [-0.3, -0.25) is 19.2 Å². The second-order valence-corrected chi connectivity index (χ2v) is 9.82. The van der Waals surface area contributed by atoms with Crippen LogP contribution in [-0.2, 0) is 24.0 Å². The lowest BCUT2D eigenvalue weighted by molar-refractivity contribution is -0.143. The third kappa shape index (κ3) is 13.1. The first-order chi connectivity index (χ1) is 15.3. The van der Waals surface area contributed by atoms with Gasteiger partial charge in [0.2, 0.25) is 23.6 Å². The van der Waals surface area contributed by atoms with E-state index < -0.39 is 53.8 Å². The average Bonchev–Trinajstić information content (AvgIpc) is 2.68. The molecule has 11 nitrogen and oxygen atoms in total. The van der Waals surface area contributed by atoms with Gasteiger partial charge >= 0.3 is 5.97 Å². The molecule has 0 fully saturated rings. The summed E-state index contributed by atoms with van der Waals surface area (Å²) < 4.78 is 0. The lowest BCUT2D eigenvalue weighted by Gasteiger charge is -2.26. The molecule has 0 aromatic rings. The fraction of sp³-hybridized carbons (Fsp3) is 0.762. The number of nitrogens with one attached hydrogen (secondary N) is 3. The van der Waals surface area contributed by atoms with Gasteiger partial charge in [0.15, 0.2) is 0 Å². The van der Waals surface area contributed by atoms with E-state index in [2.05, 4.69) is 16.0 Å². The molecule has 4 amide bonds. The molecule has 0 aromatic carbocycles. The van der Waals surface area contributed by atoms with Crippen LogP contribution in [0.2, 0.25) is 0 Å². The molecule has 0 aromatic heterocycles. The van der Waals surface area contributed by atoms with Crippen LogP contribution in [0.4, 0.5) is 0 Å². The van der Waals surface area contributed by atoms with Crippen molar-refractivity contribution in [3.05, 3.63) is 0 Å². The van der Waals surface area contributed by atoms with Gasteiger partial charge in [-0.05, 0) is 43.1 Å². The number of carbonyl (C=O) groups excluding carboxylic acids is 4. The van der Waals surface area contributed by atoms with Crippen LogP contribution in [0.25, 0.3) is 0 Å². The zero-order valence-corrected chi connectivity index (χ0v) is 20.9. The first-order valence-electron chi connectivity index (χ1n) is 10.9. The molecule has 0 rings (SSSR count). The van der Waals surface area contributed by atoms with Crippen LogP contribution in [0.15, 0.2) is 0 Å². The van der Waals surface area contributed by atoms with Gasteiger partial charge < -0.3 is 32.5 Å². The Hall–Kier alpha value is -2.34. The Morgan fingerprint density at radius 3 is 1.73 bits per heavy atom. The van der Waals surface area contributed by atoms with E-state index >= 15 is 0 Å². The van der Waals surface area contributed by atoms with E-state index in [1.54, 1.807) is 0 Å². The summed E-state index contributed by atoms with van der Waals surface area (Å²) in [6.45, 7) is 7.42. The normalized spacial score (nSPS) is 14.8. The molecule has 0 heterocycles. The quantitative estimate of drug-likeness (QED) is 0.168. The van der Waals surface area contributed by atoms with Gasteiger partial charge in [0, 0.05) is 0 Å². The summed E-state index contributed by atoms with van der Waals surface area (Å²) in [7, 11) is 0. The molecule has 4 atom stereocenters. The number of carboxylic acid groups (broad SMARTS) is 1. The Morgan fingerprint density at radius 2 is 1.27 bits per heavy atom. The van der Waals surface area contributed by atoms with Crippen molar-refractivity contribution < 1.29 is 29.1 Å². The summed E-state index contributed by atoms with van der Waals surface area (Å²) in [4.78, 5) is 60.7. The predicted octanol–water partition coefficient (Wildman–Crippen LogP) is -0.427. The first kappa shape index (κ1) is 30.7. The number of carboxylic acids is 1. The number of primary amides is 1. The molecule has 0 aliphatic carbocycles. The second kappa shape index (κ2) is 15.5. The fourth-order valence-corrected chi connectivity index (χ4v) is 3.50. The molecule has 0 bridgehead atoms. The van der Waals surface area contributed by atoms with Crippen molar-refractivity contribution in [2.24, 2.45) is 23.3 Å². The van der Waals surface area contributed by atoms with E-state index in [9.17, 15) is 29.1 Å². The molecule has 33 heavy (non-hydrogen) atoms. The lowest BCUT2D eigenvalue weighted by atomic mass is 10.00. The Morgan fingerprint density at radius 1 is 0.818 bits per heavy atom. The van der Waals surface area contributed by atoms with Crippen LogP contribution in [0.3, 0.4) is 0 Å². The number of thioether (sulfide) groups is 1. The Bertz CT molecular complexity index is 688. The molecule has 4 unspecified atom stereocenters. The van der Waals surface area contributed by atoms with Gasteiger partial charge in [-0.2, -0.15) is 11.8 Å². The Balaban J connectivity index is 5.47. The van der Waals surface area contributed by atoms with E-state index in [0.29, 0.717) is 5.75 Å². The van der Waals surface area contributed by atoms with Crippen molar-refractivity contribution in [2.75, 3.05) is 12.0 Å². The van der Waals surface area contributed by atoms with Crippen molar-refractivity contribution in [1.29, 1.82) is 0 Å². The van der Waals surface area contributed by atoms with Crippen molar-refractivity contribution in [2.45, 2.75) is 77.5 Å². The number of hydrogen-bond acceptors (Lipinski definition) is 7. The van der Waals surface area contributed by atoms with Crippen LogP contribution in [0, 0.1) is 11.8 Å². The summed E-state index contributed by atoms with van der Waals surface area (Å²) >= 11 is 1.47. The highest BCUT2D eigenvalue weighted by atomic mass is 32.2. The number of nitrogens with two attached hydrogens (primary N) is 2. The third-order valence-electron chi connectivity index (χ3n) is 4.66. The van der Waals surface area contributed by atoms with E-state index in [4.69, 9.17) is 11.5 Å². The summed E-state index contributed by atoms with van der Waals surface area (Å²) in [5.74, 6) is -3.20. The van der Waals surface area contributed by atoms with Gasteiger partial charge in [0.25, 0.3) is 0 Å². The first-order valence-corrected chi connectivity index (χ1v) is 12.3. The van der Waals surface area contributed by atoms with Gasteiger partial charge in [0.05, 0.1) is 12.5 Å². The smallest absolute Gasteiger partial charge is 0.326 e. The molecule has 0 saturated carbocycles. The minimum absolute atomic E-state index is 0.0256. The SMILES string of the molecule is CSCCC(NC(=O)C(N)CC(N)=O)C(=O)NC(CC(C)C)C(=O)NC(CC(C)C)C(=O)O. The number of amides is 4. The Labute approximate surface area is 199 Å². The zero-order chi connectivity index (χ0) is 25.7. The molecule has 12 heteroatoms. The van der Waals surface area contributed by atoms with Crippen LogP contribution >= 0.6 is 11.8 Å². The number of aliphatic carboxylic acids is 1. The summed E-state index contributed by atoms with van der Waals surface area (Å²) in [5.41, 5.74) is 10.7.